The summed E-state index contributed by atoms with van der Waals surface area (Å²) < 4.78 is 0. The van der Waals surface area contributed by atoms with Crippen LogP contribution in [-0.2, 0) is 0 Å². The van der Waals surface area contributed by atoms with E-state index in [-0.39, 0.29) is 12.3 Å². The fourth-order valence-electron chi connectivity index (χ4n) is 15.6. The Morgan fingerprint density at radius 2 is 1.47 bits per heavy atom. The number of rotatable bonds is 8. The summed E-state index contributed by atoms with van der Waals surface area (Å²) in [6.45, 7) is 0. The smallest absolute Gasteiger partial charge is 0.127 e. The van der Waals surface area contributed by atoms with Gasteiger partial charge >= 0.3 is 0 Å². The fourth-order valence-corrected chi connectivity index (χ4v) is 15.6. The van der Waals surface area contributed by atoms with Gasteiger partial charge in [0.1, 0.15) is 18.2 Å². The molecule has 1 saturated heterocycles. The van der Waals surface area contributed by atoms with Crippen LogP contribution in [0.4, 0.5) is 0 Å². The number of likely N-dealkylation sites (tertiary alicyclic amines) is 1. The summed E-state index contributed by atoms with van der Waals surface area (Å²) in [7, 11) is 0. The summed E-state index contributed by atoms with van der Waals surface area (Å²) in [5.41, 5.74) is 9.33. The zero-order valence-corrected chi connectivity index (χ0v) is 40.4. The summed E-state index contributed by atoms with van der Waals surface area (Å²) in [6.07, 6.45) is 79.6. The summed E-state index contributed by atoms with van der Waals surface area (Å²) in [5.74, 6) is 6.56. The van der Waals surface area contributed by atoms with Crippen molar-refractivity contribution >= 4 is 5.84 Å². The molecule has 0 aromatic heterocycles. The normalized spacial score (nSPS) is 41.1. The number of nitrogens with zero attached hydrogens (tertiary/aromatic N) is 3. The first kappa shape index (κ1) is 43.2. The lowest BCUT2D eigenvalue weighted by Crippen LogP contribution is -2.57. The van der Waals surface area contributed by atoms with Crippen LogP contribution in [0.25, 0.3) is 0 Å². The fraction of sp³-hybridized carbons (Fsp3) is 0.508. The van der Waals surface area contributed by atoms with Crippen molar-refractivity contribution in [1.29, 1.82) is 0 Å². The van der Waals surface area contributed by atoms with Gasteiger partial charge in [-0.3, -0.25) is 5.32 Å². The molecular weight excluding hydrogens is 827 g/mol. The van der Waals surface area contributed by atoms with Crippen molar-refractivity contribution in [2.45, 2.75) is 146 Å². The third kappa shape index (κ3) is 8.11. The van der Waals surface area contributed by atoms with Crippen molar-refractivity contribution < 1.29 is 0 Å². The molecule has 0 radical (unpaired) electrons. The second-order valence-electron chi connectivity index (χ2n) is 22.7. The molecule has 5 heteroatoms. The number of fused-ring (bicyclic) bond motifs is 5. The van der Waals surface area contributed by atoms with Crippen LogP contribution < -0.4 is 10.6 Å². The van der Waals surface area contributed by atoms with Gasteiger partial charge in [0.2, 0.25) is 0 Å². The molecule has 13 aliphatic rings. The zero-order chi connectivity index (χ0) is 45.0. The highest BCUT2D eigenvalue weighted by Crippen LogP contribution is 2.49. The summed E-state index contributed by atoms with van der Waals surface area (Å²) in [6, 6.07) is 2.03. The summed E-state index contributed by atoms with van der Waals surface area (Å²) in [5, 5.41) is 8.27. The van der Waals surface area contributed by atoms with E-state index in [1.807, 2.05) is 0 Å². The molecule has 1 fully saturated rings. The highest BCUT2D eigenvalue weighted by molar-refractivity contribution is 6.00. The topological polar surface area (TPSA) is 42.9 Å². The number of hydrogen-bond acceptors (Lipinski definition) is 5. The van der Waals surface area contributed by atoms with Gasteiger partial charge in [-0.25, -0.2) is 4.99 Å². The Morgan fingerprint density at radius 3 is 2.37 bits per heavy atom. The highest BCUT2D eigenvalue weighted by Gasteiger charge is 2.48. The van der Waals surface area contributed by atoms with Gasteiger partial charge in [0.25, 0.3) is 0 Å². The van der Waals surface area contributed by atoms with Crippen molar-refractivity contribution in [3.63, 3.8) is 0 Å². The Balaban J connectivity index is 0.745. The predicted octanol–water partition coefficient (Wildman–Crippen LogP) is 13.1. The van der Waals surface area contributed by atoms with Crippen LogP contribution in [0.5, 0.6) is 0 Å². The summed E-state index contributed by atoms with van der Waals surface area (Å²) >= 11 is 0. The van der Waals surface area contributed by atoms with Gasteiger partial charge < -0.3 is 15.1 Å². The molecule has 13 rings (SSSR count). The van der Waals surface area contributed by atoms with Crippen LogP contribution in [-0.4, -0.2) is 52.1 Å². The minimum Gasteiger partial charge on any atom is -0.364 e. The second kappa shape index (κ2) is 18.8. The minimum atomic E-state index is 0.0595. The van der Waals surface area contributed by atoms with Crippen LogP contribution in [0.1, 0.15) is 109 Å². The van der Waals surface area contributed by atoms with E-state index in [0.717, 1.165) is 37.4 Å². The standard InChI is InChI=1S/C63H75N5/c1-2-15-42(16-3-1)47-17-12-18-48(39-47)43-31-35-45(36-32-43)61-64-62(66-63(65-61)50-20-14-22-52(41-50)68-59-29-10-6-25-55(59)56-26-7-11-30-60(56)68)46-37-33-44(34-38-46)49-19-13-21-51(40-49)67-57-27-8-4-23-53(57)54-24-5-9-28-58(54)67/h1-8,10,13,15,18-19,22-27,29,33,35,37,41-44,46-47,49,51,53,55-57,59-62,64H,9,11-12,14,16-17,20-21,28,30-32,34,36,38-40H2,(H,65,66). The molecule has 3 heterocycles. The van der Waals surface area contributed by atoms with Crippen molar-refractivity contribution in [3.05, 3.63) is 180 Å². The maximum atomic E-state index is 5.72. The monoisotopic (exact) mass is 902 g/mol. The van der Waals surface area contributed by atoms with Gasteiger partial charge in [-0.15, -0.1) is 0 Å². The number of aliphatic imine (C=N–C) groups is 1. The Hall–Kier alpha value is -4.87. The Bertz CT molecular complexity index is 2480. The minimum absolute atomic E-state index is 0.0595. The molecule has 5 nitrogen and oxygen atoms in total. The summed E-state index contributed by atoms with van der Waals surface area (Å²) in [4.78, 5) is 11.4. The lowest BCUT2D eigenvalue weighted by atomic mass is 9.72. The number of nitrogens with one attached hydrogen (secondary N) is 2. The van der Waals surface area contributed by atoms with E-state index >= 15 is 0 Å². The number of hydrogen-bond donors (Lipinski definition) is 2. The Kier molecular flexibility index (Phi) is 11.9. The van der Waals surface area contributed by atoms with Crippen molar-refractivity contribution in [1.82, 2.24) is 20.4 Å². The van der Waals surface area contributed by atoms with Crippen molar-refractivity contribution in [2.75, 3.05) is 0 Å². The second-order valence-corrected chi connectivity index (χ2v) is 22.7. The molecule has 68 heavy (non-hydrogen) atoms. The molecule has 0 aromatic carbocycles. The third-order valence-corrected chi connectivity index (χ3v) is 19.1. The van der Waals surface area contributed by atoms with Gasteiger partial charge in [-0.05, 0) is 162 Å². The molecular formula is C63H75N5. The van der Waals surface area contributed by atoms with Gasteiger partial charge in [-0.2, -0.15) is 0 Å². The molecule has 0 saturated carbocycles. The maximum Gasteiger partial charge on any atom is 0.127 e. The first-order chi connectivity index (χ1) is 33.7. The average molecular weight is 902 g/mol. The van der Waals surface area contributed by atoms with E-state index in [1.165, 1.54) is 94.7 Å². The molecule has 15 atom stereocenters. The molecule has 352 valence electrons. The lowest BCUT2D eigenvalue weighted by molar-refractivity contribution is 0.169. The Labute approximate surface area is 407 Å². The SMILES string of the molecule is C1=CCC(C2CCC=C(C3CC=C(C4NC(C5=CC(N6C7C=CC=CC7C7C=CCCC76)=CCC5)=NC(C5C=CC(C6C=CCC(N7C8=C(C=CCC8)C8C=CC=CC87)C6)CC5)N4)CC3)C2)C=C1. The maximum absolute atomic E-state index is 5.72. The van der Waals surface area contributed by atoms with Crippen LogP contribution in [0.2, 0.25) is 0 Å². The largest absolute Gasteiger partial charge is 0.364 e. The van der Waals surface area contributed by atoms with E-state index in [9.17, 15) is 0 Å². The van der Waals surface area contributed by atoms with Crippen molar-refractivity contribution in [2.24, 2.45) is 58.3 Å². The van der Waals surface area contributed by atoms with Gasteiger partial charge in [0.05, 0.1) is 12.1 Å². The first-order valence-electron chi connectivity index (χ1n) is 27.6. The molecule has 3 aliphatic heterocycles. The quantitative estimate of drug-likeness (QED) is 0.238. The molecule has 10 aliphatic carbocycles. The van der Waals surface area contributed by atoms with Gasteiger partial charge in [0, 0.05) is 47.1 Å². The van der Waals surface area contributed by atoms with Crippen LogP contribution in [0.15, 0.2) is 185 Å². The lowest BCUT2D eigenvalue weighted by Gasteiger charge is -2.43. The van der Waals surface area contributed by atoms with E-state index in [4.69, 9.17) is 4.99 Å². The zero-order valence-electron chi connectivity index (χ0n) is 40.4. The first-order valence-corrected chi connectivity index (χ1v) is 27.6. The predicted molar refractivity (Wildman–Crippen MR) is 281 cm³/mol. The van der Waals surface area contributed by atoms with E-state index < -0.39 is 0 Å². The molecule has 0 aromatic rings. The third-order valence-electron chi connectivity index (χ3n) is 19.1. The van der Waals surface area contributed by atoms with E-state index in [1.54, 1.807) is 22.4 Å². The van der Waals surface area contributed by atoms with Crippen LogP contribution >= 0.6 is 0 Å². The number of allylic oxidation sites excluding steroid dienone is 19. The molecule has 2 N–H and O–H groups in total. The molecule has 0 bridgehead atoms. The van der Waals surface area contributed by atoms with E-state index in [0.29, 0.717) is 71.5 Å². The van der Waals surface area contributed by atoms with Gasteiger partial charge in [0.15, 0.2) is 0 Å². The highest BCUT2D eigenvalue weighted by atomic mass is 15.3. The molecule has 0 amide bonds. The van der Waals surface area contributed by atoms with Crippen molar-refractivity contribution in [3.8, 4) is 0 Å². The molecule has 0 spiro atoms. The van der Waals surface area contributed by atoms with E-state index in [2.05, 4.69) is 166 Å². The van der Waals surface area contributed by atoms with Crippen LogP contribution in [0, 0.1) is 53.3 Å². The Morgan fingerprint density at radius 1 is 0.574 bits per heavy atom. The average Bonchev–Trinajstić information content (AvgIpc) is 3.94. The van der Waals surface area contributed by atoms with Crippen LogP contribution in [0.3, 0.4) is 0 Å². The molecule has 15 unspecified atom stereocenters. The van der Waals surface area contributed by atoms with Gasteiger partial charge in [-0.1, -0.05) is 145 Å². The number of amidine groups is 1.